The summed E-state index contributed by atoms with van der Waals surface area (Å²) in [5.41, 5.74) is 9.03. The van der Waals surface area contributed by atoms with Crippen LogP contribution in [-0.2, 0) is 0 Å². The Labute approximate surface area is 160 Å². The number of benzene rings is 3. The third kappa shape index (κ3) is 1.72. The van der Waals surface area contributed by atoms with Crippen molar-refractivity contribution in [3.63, 3.8) is 0 Å². The Hall–Kier alpha value is -3.79. The van der Waals surface area contributed by atoms with E-state index in [0.29, 0.717) is 0 Å². The zero-order chi connectivity index (χ0) is 18.2. The van der Waals surface area contributed by atoms with Gasteiger partial charge in [0.25, 0.3) is 0 Å². The summed E-state index contributed by atoms with van der Waals surface area (Å²) >= 11 is 0. The highest BCUT2D eigenvalue weighted by molar-refractivity contribution is 6.20. The largest absolute Gasteiger partial charge is 0.371 e. The van der Waals surface area contributed by atoms with Crippen LogP contribution >= 0.6 is 0 Å². The van der Waals surface area contributed by atoms with Gasteiger partial charge in [0.1, 0.15) is 0 Å². The van der Waals surface area contributed by atoms with Gasteiger partial charge in [-0.3, -0.25) is 0 Å². The molecule has 28 heavy (non-hydrogen) atoms. The molecule has 7 rings (SSSR count). The number of para-hydroxylation sites is 2. The van der Waals surface area contributed by atoms with Crippen LogP contribution in [0.5, 0.6) is 0 Å². The van der Waals surface area contributed by atoms with Crippen LogP contribution < -0.4 is 5.32 Å². The third-order valence-electron chi connectivity index (χ3n) is 5.97. The zero-order valence-corrected chi connectivity index (χ0v) is 15.0. The van der Waals surface area contributed by atoms with Crippen molar-refractivity contribution in [2.24, 2.45) is 4.99 Å². The average molecular weight is 360 g/mol. The maximum atomic E-state index is 5.14. The molecule has 2 aromatic heterocycles. The molecule has 1 aliphatic carbocycles. The molecule has 2 aliphatic rings. The van der Waals surface area contributed by atoms with Gasteiger partial charge in [0.05, 0.1) is 23.1 Å². The van der Waals surface area contributed by atoms with Gasteiger partial charge in [-0.15, -0.1) is 0 Å². The summed E-state index contributed by atoms with van der Waals surface area (Å²) in [6.45, 7) is 0. The molecule has 0 saturated heterocycles. The molecule has 0 saturated carbocycles. The van der Waals surface area contributed by atoms with Crippen LogP contribution in [0.3, 0.4) is 0 Å². The summed E-state index contributed by atoms with van der Waals surface area (Å²) in [6.07, 6.45) is 4.28. The molecular formula is C24H16N4. The van der Waals surface area contributed by atoms with E-state index in [1.165, 1.54) is 21.7 Å². The molecule has 4 nitrogen and oxygen atoms in total. The fourth-order valence-electron chi connectivity index (χ4n) is 4.73. The fourth-order valence-corrected chi connectivity index (χ4v) is 4.73. The van der Waals surface area contributed by atoms with Gasteiger partial charge in [0, 0.05) is 44.0 Å². The molecule has 3 N–H and O–H groups in total. The minimum Gasteiger partial charge on any atom is -0.371 e. The summed E-state index contributed by atoms with van der Waals surface area (Å²) in [5.74, 6) is 0. The van der Waals surface area contributed by atoms with Crippen LogP contribution in [0.15, 0.2) is 71.7 Å². The summed E-state index contributed by atoms with van der Waals surface area (Å²) in [5, 5.41) is 7.42. The van der Waals surface area contributed by atoms with E-state index >= 15 is 0 Å². The van der Waals surface area contributed by atoms with E-state index in [2.05, 4.69) is 88.1 Å². The first-order valence-corrected chi connectivity index (χ1v) is 9.54. The van der Waals surface area contributed by atoms with Gasteiger partial charge in [0.15, 0.2) is 0 Å². The first-order valence-electron chi connectivity index (χ1n) is 9.54. The molecule has 1 unspecified atom stereocenters. The third-order valence-corrected chi connectivity index (χ3v) is 5.97. The van der Waals surface area contributed by atoms with Crippen molar-refractivity contribution in [3.05, 3.63) is 78.0 Å². The molecule has 0 bridgehead atoms. The fraction of sp³-hybridized carbons (Fsp3) is 0.0417. The van der Waals surface area contributed by atoms with E-state index in [9.17, 15) is 0 Å². The Morgan fingerprint density at radius 1 is 0.714 bits per heavy atom. The number of fused-ring (bicyclic) bond motifs is 10. The van der Waals surface area contributed by atoms with E-state index in [0.717, 1.165) is 39.3 Å². The molecule has 5 aromatic rings. The van der Waals surface area contributed by atoms with E-state index in [1.54, 1.807) is 0 Å². The summed E-state index contributed by atoms with van der Waals surface area (Å²) in [4.78, 5) is 12.2. The highest BCUT2D eigenvalue weighted by atomic mass is 15.0. The maximum absolute atomic E-state index is 5.14. The van der Waals surface area contributed by atoms with Crippen LogP contribution in [0.4, 0.5) is 11.4 Å². The van der Waals surface area contributed by atoms with Gasteiger partial charge in [-0.2, -0.15) is 0 Å². The van der Waals surface area contributed by atoms with Crippen molar-refractivity contribution in [3.8, 4) is 0 Å². The number of rotatable bonds is 0. The van der Waals surface area contributed by atoms with Crippen LogP contribution in [0.1, 0.15) is 17.3 Å². The van der Waals surface area contributed by atoms with Gasteiger partial charge >= 0.3 is 0 Å². The molecule has 4 heteroatoms. The number of nitrogens with one attached hydrogen (secondary N) is 3. The zero-order valence-electron chi connectivity index (χ0n) is 15.0. The molecule has 0 fully saturated rings. The van der Waals surface area contributed by atoms with Crippen molar-refractivity contribution in [2.45, 2.75) is 6.04 Å². The molecule has 3 aromatic carbocycles. The maximum Gasteiger partial charge on any atom is 0.0967 e. The standard InChI is InChI=1S/C24H16N4/c1-3-7-15-13(5-1)21-17(25-15)9-11-19-23(21)27-20-12-10-18-22(24(20)28-19)14-6-2-4-8-16(14)26-18/h1-12,23,25-27H. The number of H-pyrrole nitrogens is 2. The van der Waals surface area contributed by atoms with E-state index in [1.807, 2.05) is 0 Å². The Morgan fingerprint density at radius 2 is 1.50 bits per heavy atom. The van der Waals surface area contributed by atoms with Gasteiger partial charge in [-0.05, 0) is 36.4 Å². The number of aromatic nitrogens is 2. The second-order valence-electron chi connectivity index (χ2n) is 7.50. The van der Waals surface area contributed by atoms with Crippen LogP contribution in [0.2, 0.25) is 0 Å². The quantitative estimate of drug-likeness (QED) is 0.308. The topological polar surface area (TPSA) is 56.0 Å². The Kier molecular flexibility index (Phi) is 2.51. The first kappa shape index (κ1) is 14.3. The van der Waals surface area contributed by atoms with Crippen LogP contribution in [-0.4, -0.2) is 15.7 Å². The second kappa shape index (κ2) is 4.93. The molecule has 0 amide bonds. The first-order chi connectivity index (χ1) is 13.9. The Balaban J connectivity index is 1.51. The van der Waals surface area contributed by atoms with Crippen molar-refractivity contribution in [1.82, 2.24) is 9.97 Å². The molecular weight excluding hydrogens is 344 g/mol. The van der Waals surface area contributed by atoms with E-state index in [4.69, 9.17) is 4.99 Å². The lowest BCUT2D eigenvalue weighted by atomic mass is 9.91. The molecule has 132 valence electrons. The minimum absolute atomic E-state index is 0.0614. The molecule has 3 heterocycles. The van der Waals surface area contributed by atoms with Crippen molar-refractivity contribution < 1.29 is 0 Å². The SMILES string of the molecule is C1=Cc2[nH]c3ccccc3c2C2Nc3ccc4[nH]c5ccccc5c4c3N=C12. The summed E-state index contributed by atoms with van der Waals surface area (Å²) in [6, 6.07) is 21.3. The van der Waals surface area contributed by atoms with Crippen molar-refractivity contribution >= 4 is 55.9 Å². The number of aromatic amines is 2. The van der Waals surface area contributed by atoms with E-state index in [-0.39, 0.29) is 6.04 Å². The highest BCUT2D eigenvalue weighted by Crippen LogP contribution is 2.46. The lowest BCUT2D eigenvalue weighted by molar-refractivity contribution is 1.02. The monoisotopic (exact) mass is 360 g/mol. The Morgan fingerprint density at radius 3 is 2.39 bits per heavy atom. The predicted octanol–water partition coefficient (Wildman–Crippen LogP) is 6.07. The van der Waals surface area contributed by atoms with Crippen LogP contribution in [0.25, 0.3) is 38.8 Å². The lowest BCUT2D eigenvalue weighted by Crippen LogP contribution is -2.25. The van der Waals surface area contributed by atoms with Gasteiger partial charge in [-0.25, -0.2) is 4.99 Å². The predicted molar refractivity (Wildman–Crippen MR) is 117 cm³/mol. The normalized spacial score (nSPS) is 17.3. The average Bonchev–Trinajstić information content (AvgIpc) is 3.30. The van der Waals surface area contributed by atoms with Crippen molar-refractivity contribution in [1.29, 1.82) is 0 Å². The number of anilines is 1. The molecule has 1 aliphatic heterocycles. The van der Waals surface area contributed by atoms with Crippen LogP contribution in [0, 0.1) is 0 Å². The summed E-state index contributed by atoms with van der Waals surface area (Å²) < 4.78 is 0. The van der Waals surface area contributed by atoms with Crippen molar-refractivity contribution in [2.75, 3.05) is 5.32 Å². The summed E-state index contributed by atoms with van der Waals surface area (Å²) in [7, 11) is 0. The number of hydrogen-bond donors (Lipinski definition) is 3. The molecule has 0 spiro atoms. The second-order valence-corrected chi connectivity index (χ2v) is 7.50. The Bertz CT molecular complexity index is 1500. The van der Waals surface area contributed by atoms with Gasteiger partial charge < -0.3 is 15.3 Å². The lowest BCUT2D eigenvalue weighted by Gasteiger charge is -2.29. The number of aliphatic imine (C=N–C) groups is 1. The van der Waals surface area contributed by atoms with Gasteiger partial charge in [-0.1, -0.05) is 36.4 Å². The smallest absolute Gasteiger partial charge is 0.0967 e. The minimum atomic E-state index is 0.0614. The number of nitrogens with zero attached hydrogens (tertiary/aromatic N) is 1. The van der Waals surface area contributed by atoms with E-state index < -0.39 is 0 Å². The van der Waals surface area contributed by atoms with Gasteiger partial charge in [0.2, 0.25) is 0 Å². The molecule has 0 radical (unpaired) electrons. The highest BCUT2D eigenvalue weighted by Gasteiger charge is 2.30. The number of hydrogen-bond acceptors (Lipinski definition) is 2. The molecule has 1 atom stereocenters.